The lowest BCUT2D eigenvalue weighted by molar-refractivity contribution is -0.132. The highest BCUT2D eigenvalue weighted by atomic mass is 79.9. The fourth-order valence-corrected chi connectivity index (χ4v) is 6.78. The third kappa shape index (κ3) is 11.0. The van der Waals surface area contributed by atoms with Gasteiger partial charge in [-0.25, -0.2) is 9.59 Å². The number of hydrogen-bond donors (Lipinski definition) is 4. The van der Waals surface area contributed by atoms with Crippen LogP contribution in [-0.2, 0) is 16.1 Å². The molecule has 5 rings (SSSR count). The van der Waals surface area contributed by atoms with Gasteiger partial charge < -0.3 is 21.5 Å². The summed E-state index contributed by atoms with van der Waals surface area (Å²) in [5.74, 6) is -0.441. The summed E-state index contributed by atoms with van der Waals surface area (Å²) >= 11 is 19.1. The lowest BCUT2D eigenvalue weighted by Gasteiger charge is -2.36. The molecule has 2 heterocycles. The lowest BCUT2D eigenvalue weighted by atomic mass is 10.1. The Morgan fingerprint density at radius 2 is 1.29 bits per heavy atom. The van der Waals surface area contributed by atoms with Crippen molar-refractivity contribution >= 4 is 96.1 Å². The van der Waals surface area contributed by atoms with E-state index < -0.39 is 17.7 Å². The number of carbonyl (C=O) groups is 4. The Bertz CT molecular complexity index is 1760. The van der Waals surface area contributed by atoms with E-state index in [4.69, 9.17) is 28.9 Å². The van der Waals surface area contributed by atoms with Crippen molar-refractivity contribution in [2.24, 2.45) is 0 Å². The number of urea groups is 1. The van der Waals surface area contributed by atoms with Crippen LogP contribution >= 0.6 is 55.1 Å². The van der Waals surface area contributed by atoms with Crippen LogP contribution in [0.25, 0.3) is 0 Å². The van der Waals surface area contributed by atoms with E-state index in [1.54, 1.807) is 61.1 Å². The second-order valence-electron chi connectivity index (χ2n) is 13.0. The van der Waals surface area contributed by atoms with E-state index in [1.165, 1.54) is 0 Å². The predicted octanol–water partition coefficient (Wildman–Crippen LogP) is 6.97. The molecule has 2 aliphatic heterocycles. The van der Waals surface area contributed by atoms with Gasteiger partial charge in [0.15, 0.2) is 0 Å². The zero-order valence-corrected chi connectivity index (χ0v) is 33.7. The van der Waals surface area contributed by atoms with Gasteiger partial charge in [-0.05, 0) is 120 Å². The Morgan fingerprint density at radius 1 is 0.788 bits per heavy atom. The fourth-order valence-electron chi connectivity index (χ4n) is 5.55. The molecule has 0 aliphatic carbocycles. The molecule has 2 fully saturated rings. The van der Waals surface area contributed by atoms with Gasteiger partial charge in [-0.3, -0.25) is 34.5 Å². The highest BCUT2D eigenvalue weighted by Crippen LogP contribution is 2.34. The molecule has 3 aromatic rings. The molecule has 0 saturated carbocycles. The number of carbonyl (C=O) groups excluding carboxylic acids is 3. The number of nitrogens with two attached hydrogens (primary N) is 1. The number of nitrogens with zero attached hydrogens (tertiary/aromatic N) is 5. The molecule has 0 unspecified atom stereocenters. The van der Waals surface area contributed by atoms with Gasteiger partial charge in [0.25, 0.3) is 11.8 Å². The smallest absolute Gasteiger partial charge is 0.408 e. The van der Waals surface area contributed by atoms with E-state index in [-0.39, 0.29) is 24.9 Å². The van der Waals surface area contributed by atoms with Crippen LogP contribution in [0.2, 0.25) is 10.0 Å². The zero-order valence-electron chi connectivity index (χ0n) is 29.0. The fraction of sp³-hybridized carbons (Fsp3) is 0.371. The summed E-state index contributed by atoms with van der Waals surface area (Å²) in [6.45, 7) is 7.89. The number of amides is 5. The summed E-state index contributed by atoms with van der Waals surface area (Å²) < 4.78 is 1.68. The number of benzene rings is 3. The normalized spacial score (nSPS) is 14.1. The van der Waals surface area contributed by atoms with Crippen LogP contribution in [0.3, 0.4) is 0 Å². The molecule has 2 aliphatic rings. The Labute approximate surface area is 330 Å². The maximum Gasteiger partial charge on any atom is 0.408 e. The van der Waals surface area contributed by atoms with E-state index in [9.17, 15) is 24.3 Å². The molecule has 52 heavy (non-hydrogen) atoms. The first kappa shape index (κ1) is 40.8. The molecule has 5 amide bonds. The molecule has 13 nitrogen and oxygen atoms in total. The second kappa shape index (κ2) is 18.2. The molecule has 280 valence electrons. The zero-order chi connectivity index (χ0) is 38.2. The van der Waals surface area contributed by atoms with Gasteiger partial charge in [-0.1, -0.05) is 35.3 Å². The van der Waals surface area contributed by atoms with Crippen LogP contribution in [0.1, 0.15) is 39.2 Å². The van der Waals surface area contributed by atoms with Crippen molar-refractivity contribution in [2.75, 3.05) is 55.0 Å². The average Bonchev–Trinajstić information content (AvgIpc) is 3.78. The van der Waals surface area contributed by atoms with Crippen LogP contribution in [0.5, 0.6) is 0 Å². The molecule has 0 atom stereocenters. The van der Waals surface area contributed by atoms with Crippen LogP contribution in [0.15, 0.2) is 69.6 Å². The van der Waals surface area contributed by atoms with Crippen molar-refractivity contribution in [3.8, 4) is 0 Å². The molecular weight excluding hydrogens is 843 g/mol. The highest BCUT2D eigenvalue weighted by molar-refractivity contribution is 9.11. The summed E-state index contributed by atoms with van der Waals surface area (Å²) in [6, 6.07) is 17.6. The van der Waals surface area contributed by atoms with E-state index in [2.05, 4.69) is 42.5 Å². The molecule has 2 saturated heterocycles. The predicted molar refractivity (Wildman–Crippen MR) is 211 cm³/mol. The standard InChI is InChI=1S/C19H21BrClN5O2.C16H21BrClN3O3/c20-16-7-4-14(21)10-17(16)25-8-1-9-26(25)18(27)12-24-19(28)23-11-13-2-5-15(22)6-3-13;1-16(2,3)19(15(23)24)10-14(22)21-8-4-7-20(21)13-9-11(18)5-6-12(13)17/h2-7,10H,1,8-9,11-12,22H2,(H2,23,24,28);5-6,9H,4,7-8,10H2,1-3H3,(H,23,24). The third-order valence-electron chi connectivity index (χ3n) is 8.18. The van der Waals surface area contributed by atoms with Gasteiger partial charge in [0.05, 0.1) is 11.4 Å². The monoisotopic (exact) mass is 882 g/mol. The number of hydrogen-bond acceptors (Lipinski definition) is 7. The Morgan fingerprint density at radius 3 is 1.77 bits per heavy atom. The highest BCUT2D eigenvalue weighted by Gasteiger charge is 2.34. The Balaban J connectivity index is 0.000000236. The van der Waals surface area contributed by atoms with Gasteiger partial charge in [0.2, 0.25) is 0 Å². The van der Waals surface area contributed by atoms with Gasteiger partial charge in [0.1, 0.15) is 13.1 Å². The van der Waals surface area contributed by atoms with Crippen molar-refractivity contribution in [3.63, 3.8) is 0 Å². The van der Waals surface area contributed by atoms with E-state index in [0.29, 0.717) is 48.5 Å². The SMILES string of the molecule is CC(C)(C)N(CC(=O)N1CCCN1c1cc(Cl)ccc1Br)C(=O)O.Nc1ccc(CNC(=O)NCC(=O)N2CCCN2c2cc(Cl)ccc2Br)cc1. The average molecular weight is 885 g/mol. The van der Waals surface area contributed by atoms with E-state index in [0.717, 1.165) is 43.6 Å². The minimum absolute atomic E-state index is 0.0950. The largest absolute Gasteiger partial charge is 0.465 e. The van der Waals surface area contributed by atoms with Gasteiger partial charge >= 0.3 is 12.1 Å². The number of halogens is 4. The van der Waals surface area contributed by atoms with Gasteiger partial charge in [-0.2, -0.15) is 0 Å². The number of hydrazine groups is 2. The lowest BCUT2D eigenvalue weighted by Crippen LogP contribution is -2.52. The minimum Gasteiger partial charge on any atom is -0.465 e. The first-order valence-electron chi connectivity index (χ1n) is 16.5. The van der Waals surface area contributed by atoms with Crippen molar-refractivity contribution in [3.05, 3.63) is 85.2 Å². The second-order valence-corrected chi connectivity index (χ2v) is 15.6. The number of nitrogen functional groups attached to an aromatic ring is 1. The third-order valence-corrected chi connectivity index (χ3v) is 9.99. The molecule has 0 bridgehead atoms. The van der Waals surface area contributed by atoms with Crippen molar-refractivity contribution in [1.29, 1.82) is 0 Å². The molecule has 5 N–H and O–H groups in total. The number of rotatable bonds is 8. The van der Waals surface area contributed by atoms with Gasteiger partial charge in [-0.15, -0.1) is 0 Å². The first-order chi connectivity index (χ1) is 24.5. The number of carboxylic acid groups (broad SMARTS) is 1. The summed E-state index contributed by atoms with van der Waals surface area (Å²) in [5, 5.41) is 22.8. The van der Waals surface area contributed by atoms with Crippen molar-refractivity contribution < 1.29 is 24.3 Å². The van der Waals surface area contributed by atoms with Crippen molar-refractivity contribution in [2.45, 2.75) is 45.7 Å². The van der Waals surface area contributed by atoms with Crippen LogP contribution in [0, 0.1) is 0 Å². The number of anilines is 3. The van der Waals surface area contributed by atoms with Crippen molar-refractivity contribution in [1.82, 2.24) is 25.6 Å². The molecule has 0 radical (unpaired) electrons. The molecule has 0 spiro atoms. The Kier molecular flexibility index (Phi) is 14.3. The van der Waals surface area contributed by atoms with E-state index in [1.807, 2.05) is 40.3 Å². The summed E-state index contributed by atoms with van der Waals surface area (Å²) in [7, 11) is 0. The van der Waals surface area contributed by atoms with Crippen LogP contribution in [-0.4, -0.2) is 88.8 Å². The van der Waals surface area contributed by atoms with Crippen LogP contribution < -0.4 is 26.4 Å². The maximum absolute atomic E-state index is 12.7. The topological polar surface area (TPSA) is 155 Å². The summed E-state index contributed by atoms with van der Waals surface area (Å²) in [5.41, 5.74) is 8.20. The van der Waals surface area contributed by atoms with E-state index >= 15 is 0 Å². The molecule has 3 aromatic carbocycles. The molecule has 0 aromatic heterocycles. The van der Waals surface area contributed by atoms with Crippen LogP contribution in [0.4, 0.5) is 26.7 Å². The Hall–Kier alpha value is -3.92. The molecule has 17 heteroatoms. The minimum atomic E-state index is -1.11. The first-order valence-corrected chi connectivity index (χ1v) is 18.8. The maximum atomic E-state index is 12.7. The van der Waals surface area contributed by atoms with Gasteiger partial charge in [0, 0.05) is 62.9 Å². The molecular formula is C35H42Br2Cl2N8O5. The number of nitrogens with one attached hydrogen (secondary N) is 2. The summed E-state index contributed by atoms with van der Waals surface area (Å²) in [4.78, 5) is 50.0. The summed E-state index contributed by atoms with van der Waals surface area (Å²) in [6.07, 6.45) is 0.548. The quantitative estimate of drug-likeness (QED) is 0.177.